The quantitative estimate of drug-likeness (QED) is 0.869. The Labute approximate surface area is 127 Å². The molecule has 1 fully saturated rings. The molecule has 1 aliphatic heterocycles. The zero-order chi connectivity index (χ0) is 16.1. The fourth-order valence-electron chi connectivity index (χ4n) is 2.52. The van der Waals surface area contributed by atoms with Crippen LogP contribution in [0.25, 0.3) is 0 Å². The molecule has 0 radical (unpaired) electrons. The Balaban J connectivity index is 2.05. The fourth-order valence-corrected chi connectivity index (χ4v) is 2.52. The van der Waals surface area contributed by atoms with Crippen molar-refractivity contribution in [3.8, 4) is 0 Å². The summed E-state index contributed by atoms with van der Waals surface area (Å²) < 4.78 is 31.4. The second-order valence-electron chi connectivity index (χ2n) is 5.41. The van der Waals surface area contributed by atoms with Gasteiger partial charge in [0.25, 0.3) is 0 Å². The number of likely N-dealkylation sites (tertiary alicyclic amines) is 1. The molecule has 0 bridgehead atoms. The first-order valence-electron chi connectivity index (χ1n) is 7.15. The summed E-state index contributed by atoms with van der Waals surface area (Å²) in [6.07, 6.45) is 0.754. The minimum absolute atomic E-state index is 0.0501. The summed E-state index contributed by atoms with van der Waals surface area (Å²) >= 11 is 0. The highest BCUT2D eigenvalue weighted by atomic mass is 19.2. The predicted octanol–water partition coefficient (Wildman–Crippen LogP) is 1.68. The standard InChI is InChI=1S/C15H20F2N2O3/c1-22-9-14(11-2-3-12(16)13(17)6-11)18-15(21)19-5-4-10(7-19)8-20/h2-3,6,10,14,20H,4-5,7-9H2,1H3,(H,18,21). The highest BCUT2D eigenvalue weighted by molar-refractivity contribution is 5.75. The number of rotatable bonds is 5. The summed E-state index contributed by atoms with van der Waals surface area (Å²) in [6, 6.07) is 2.63. The van der Waals surface area contributed by atoms with Crippen molar-refractivity contribution < 1.29 is 23.4 Å². The van der Waals surface area contributed by atoms with Crippen molar-refractivity contribution in [3.05, 3.63) is 35.4 Å². The van der Waals surface area contributed by atoms with E-state index in [-0.39, 0.29) is 25.2 Å². The summed E-state index contributed by atoms with van der Waals surface area (Å²) in [5, 5.41) is 11.9. The zero-order valence-corrected chi connectivity index (χ0v) is 12.4. The molecule has 1 saturated heterocycles. The third-order valence-electron chi connectivity index (χ3n) is 3.81. The molecular formula is C15H20F2N2O3. The molecule has 2 atom stereocenters. The first-order valence-corrected chi connectivity index (χ1v) is 7.15. The van der Waals surface area contributed by atoms with E-state index in [9.17, 15) is 13.6 Å². The molecule has 1 aliphatic rings. The highest BCUT2D eigenvalue weighted by Crippen LogP contribution is 2.19. The number of aliphatic hydroxyl groups excluding tert-OH is 1. The van der Waals surface area contributed by atoms with Gasteiger partial charge in [0.1, 0.15) is 0 Å². The maximum absolute atomic E-state index is 13.3. The lowest BCUT2D eigenvalue weighted by Crippen LogP contribution is -2.41. The van der Waals surface area contributed by atoms with E-state index in [2.05, 4.69) is 5.32 Å². The molecule has 2 unspecified atom stereocenters. The Bertz CT molecular complexity index is 528. The number of methoxy groups -OCH3 is 1. The number of urea groups is 1. The number of nitrogens with zero attached hydrogens (tertiary/aromatic N) is 1. The van der Waals surface area contributed by atoms with Gasteiger partial charge in [0.2, 0.25) is 0 Å². The van der Waals surface area contributed by atoms with Crippen LogP contribution in [0, 0.1) is 17.6 Å². The number of carbonyl (C=O) groups is 1. The van der Waals surface area contributed by atoms with Gasteiger partial charge in [-0.2, -0.15) is 0 Å². The maximum Gasteiger partial charge on any atom is 0.317 e. The monoisotopic (exact) mass is 314 g/mol. The molecule has 1 aromatic rings. The molecular weight excluding hydrogens is 294 g/mol. The van der Waals surface area contributed by atoms with Crippen LogP contribution >= 0.6 is 0 Å². The summed E-state index contributed by atoms with van der Waals surface area (Å²) in [7, 11) is 1.47. The molecule has 0 aromatic heterocycles. The smallest absolute Gasteiger partial charge is 0.317 e. The van der Waals surface area contributed by atoms with Gasteiger partial charge in [0.05, 0.1) is 12.6 Å². The van der Waals surface area contributed by atoms with Gasteiger partial charge in [0.15, 0.2) is 11.6 Å². The molecule has 2 N–H and O–H groups in total. The molecule has 0 spiro atoms. The molecule has 1 aromatic carbocycles. The van der Waals surface area contributed by atoms with E-state index in [4.69, 9.17) is 9.84 Å². The van der Waals surface area contributed by atoms with Gasteiger partial charge in [-0.25, -0.2) is 13.6 Å². The number of halogens is 2. The Kier molecular flexibility index (Phi) is 5.68. The number of aliphatic hydroxyl groups is 1. The van der Waals surface area contributed by atoms with Crippen molar-refractivity contribution >= 4 is 6.03 Å². The SMILES string of the molecule is COCC(NC(=O)N1CCC(CO)C1)c1ccc(F)c(F)c1. The Hall–Kier alpha value is -1.73. The third-order valence-corrected chi connectivity index (χ3v) is 3.81. The lowest BCUT2D eigenvalue weighted by Gasteiger charge is -2.23. The van der Waals surface area contributed by atoms with Crippen LogP contribution in [0.5, 0.6) is 0 Å². The molecule has 22 heavy (non-hydrogen) atoms. The van der Waals surface area contributed by atoms with Crippen molar-refractivity contribution in [3.63, 3.8) is 0 Å². The van der Waals surface area contributed by atoms with E-state index in [0.717, 1.165) is 18.6 Å². The minimum atomic E-state index is -0.964. The summed E-state index contributed by atoms with van der Waals surface area (Å²) in [4.78, 5) is 13.8. The van der Waals surface area contributed by atoms with Gasteiger partial charge in [-0.1, -0.05) is 6.07 Å². The summed E-state index contributed by atoms with van der Waals surface area (Å²) in [6.45, 7) is 1.25. The second-order valence-corrected chi connectivity index (χ2v) is 5.41. The molecule has 0 aliphatic carbocycles. The lowest BCUT2D eigenvalue weighted by molar-refractivity contribution is 0.156. The van der Waals surface area contributed by atoms with Gasteiger partial charge in [-0.15, -0.1) is 0 Å². The number of amides is 2. The topological polar surface area (TPSA) is 61.8 Å². The number of hydrogen-bond donors (Lipinski definition) is 2. The van der Waals surface area contributed by atoms with Crippen molar-refractivity contribution in [2.24, 2.45) is 5.92 Å². The van der Waals surface area contributed by atoms with E-state index in [1.807, 2.05) is 0 Å². The van der Waals surface area contributed by atoms with Crippen LogP contribution in [0.15, 0.2) is 18.2 Å². The molecule has 1 heterocycles. The van der Waals surface area contributed by atoms with Crippen LogP contribution in [0.2, 0.25) is 0 Å². The normalized spacial score (nSPS) is 19.3. The van der Waals surface area contributed by atoms with E-state index < -0.39 is 17.7 Å². The number of hydrogen-bond acceptors (Lipinski definition) is 3. The number of ether oxygens (including phenoxy) is 1. The largest absolute Gasteiger partial charge is 0.396 e. The first-order chi connectivity index (χ1) is 10.5. The Morgan fingerprint density at radius 2 is 2.27 bits per heavy atom. The molecule has 0 saturated carbocycles. The molecule has 2 amide bonds. The van der Waals surface area contributed by atoms with Gasteiger partial charge >= 0.3 is 6.03 Å². The highest BCUT2D eigenvalue weighted by Gasteiger charge is 2.27. The number of carbonyl (C=O) groups excluding carboxylic acids is 1. The van der Waals surface area contributed by atoms with Crippen LogP contribution in [0.4, 0.5) is 13.6 Å². The van der Waals surface area contributed by atoms with Crippen LogP contribution < -0.4 is 5.32 Å². The van der Waals surface area contributed by atoms with Crippen LogP contribution in [-0.2, 0) is 4.74 Å². The Morgan fingerprint density at radius 3 is 2.86 bits per heavy atom. The lowest BCUT2D eigenvalue weighted by atomic mass is 10.1. The minimum Gasteiger partial charge on any atom is -0.396 e. The van der Waals surface area contributed by atoms with Gasteiger partial charge in [-0.3, -0.25) is 0 Å². The number of nitrogens with one attached hydrogen (secondary N) is 1. The molecule has 5 nitrogen and oxygen atoms in total. The van der Waals surface area contributed by atoms with Crippen LogP contribution in [-0.4, -0.2) is 49.5 Å². The molecule has 122 valence electrons. The fraction of sp³-hybridized carbons (Fsp3) is 0.533. The Morgan fingerprint density at radius 1 is 1.50 bits per heavy atom. The van der Waals surface area contributed by atoms with E-state index in [1.165, 1.54) is 13.2 Å². The summed E-state index contributed by atoms with van der Waals surface area (Å²) in [5.74, 6) is -1.80. The third kappa shape index (κ3) is 3.92. The van der Waals surface area contributed by atoms with Crippen LogP contribution in [0.1, 0.15) is 18.0 Å². The van der Waals surface area contributed by atoms with E-state index in [0.29, 0.717) is 18.7 Å². The average Bonchev–Trinajstić information content (AvgIpc) is 2.98. The van der Waals surface area contributed by atoms with Crippen LogP contribution in [0.3, 0.4) is 0 Å². The zero-order valence-electron chi connectivity index (χ0n) is 12.4. The van der Waals surface area contributed by atoms with Gasteiger partial charge in [0, 0.05) is 32.7 Å². The predicted molar refractivity (Wildman–Crippen MR) is 76.3 cm³/mol. The number of benzene rings is 1. The van der Waals surface area contributed by atoms with Crippen molar-refractivity contribution in [1.82, 2.24) is 10.2 Å². The van der Waals surface area contributed by atoms with Crippen molar-refractivity contribution in [2.45, 2.75) is 12.5 Å². The van der Waals surface area contributed by atoms with Crippen molar-refractivity contribution in [1.29, 1.82) is 0 Å². The summed E-state index contributed by atoms with van der Waals surface area (Å²) in [5.41, 5.74) is 0.437. The molecule has 2 rings (SSSR count). The van der Waals surface area contributed by atoms with Gasteiger partial charge in [-0.05, 0) is 24.1 Å². The van der Waals surface area contributed by atoms with E-state index in [1.54, 1.807) is 4.90 Å². The van der Waals surface area contributed by atoms with Gasteiger partial charge < -0.3 is 20.1 Å². The average molecular weight is 314 g/mol. The van der Waals surface area contributed by atoms with Crippen molar-refractivity contribution in [2.75, 3.05) is 33.4 Å². The first kappa shape index (κ1) is 16.6. The molecule has 7 heteroatoms. The maximum atomic E-state index is 13.3. The van der Waals surface area contributed by atoms with E-state index >= 15 is 0 Å². The second kappa shape index (κ2) is 7.51.